The number of hydrogen-bond acceptors (Lipinski definition) is 3. The van der Waals surface area contributed by atoms with Crippen molar-refractivity contribution in [3.63, 3.8) is 0 Å². The molecule has 3 aromatic rings. The number of methoxy groups -OCH3 is 1. The predicted octanol–water partition coefficient (Wildman–Crippen LogP) is 4.65. The Morgan fingerprint density at radius 1 is 1.00 bits per heavy atom. The molecular formula is C25H26N2O3. The van der Waals surface area contributed by atoms with Crippen LogP contribution in [-0.2, 0) is 4.79 Å². The van der Waals surface area contributed by atoms with Crippen molar-refractivity contribution < 1.29 is 14.3 Å². The molecule has 1 aliphatic rings. The third kappa shape index (κ3) is 4.01. The van der Waals surface area contributed by atoms with E-state index < -0.39 is 0 Å². The van der Waals surface area contributed by atoms with Gasteiger partial charge < -0.3 is 15.0 Å². The van der Waals surface area contributed by atoms with Gasteiger partial charge in [-0.05, 0) is 54.3 Å². The van der Waals surface area contributed by atoms with Crippen molar-refractivity contribution >= 4 is 28.3 Å². The molecule has 1 fully saturated rings. The molecule has 3 aromatic carbocycles. The van der Waals surface area contributed by atoms with E-state index in [9.17, 15) is 9.59 Å². The average molecular weight is 402 g/mol. The Kier molecular flexibility index (Phi) is 5.70. The first-order chi connectivity index (χ1) is 14.6. The van der Waals surface area contributed by atoms with Crippen LogP contribution in [-0.4, -0.2) is 36.9 Å². The summed E-state index contributed by atoms with van der Waals surface area (Å²) < 4.78 is 5.35. The molecule has 1 saturated heterocycles. The molecule has 0 aliphatic carbocycles. The summed E-state index contributed by atoms with van der Waals surface area (Å²) in [6.45, 7) is 3.13. The number of fused-ring (bicyclic) bond motifs is 1. The van der Waals surface area contributed by atoms with Crippen LogP contribution in [0.4, 0.5) is 5.69 Å². The number of nitrogens with zero attached hydrogens (tertiary/aromatic N) is 1. The minimum Gasteiger partial charge on any atom is -0.495 e. The molecule has 0 bridgehead atoms. The maximum atomic E-state index is 13.1. The van der Waals surface area contributed by atoms with Gasteiger partial charge in [-0.3, -0.25) is 9.59 Å². The summed E-state index contributed by atoms with van der Waals surface area (Å²) in [5, 5.41) is 5.03. The van der Waals surface area contributed by atoms with Gasteiger partial charge in [-0.15, -0.1) is 0 Å². The molecule has 0 radical (unpaired) electrons. The highest BCUT2D eigenvalue weighted by Gasteiger charge is 2.28. The monoisotopic (exact) mass is 402 g/mol. The number of amides is 2. The van der Waals surface area contributed by atoms with Crippen molar-refractivity contribution in [3.8, 4) is 5.75 Å². The summed E-state index contributed by atoms with van der Waals surface area (Å²) in [6, 6.07) is 19.5. The molecular weight excluding hydrogens is 376 g/mol. The van der Waals surface area contributed by atoms with E-state index in [1.165, 1.54) is 0 Å². The summed E-state index contributed by atoms with van der Waals surface area (Å²) >= 11 is 0. The van der Waals surface area contributed by atoms with E-state index in [-0.39, 0.29) is 17.7 Å². The molecule has 0 atom stereocenters. The van der Waals surface area contributed by atoms with E-state index >= 15 is 0 Å². The van der Waals surface area contributed by atoms with Gasteiger partial charge in [-0.1, -0.05) is 42.5 Å². The van der Waals surface area contributed by atoms with Crippen LogP contribution in [0, 0.1) is 12.8 Å². The summed E-state index contributed by atoms with van der Waals surface area (Å²) in [5.74, 6) is 0.548. The van der Waals surface area contributed by atoms with Crippen molar-refractivity contribution in [1.29, 1.82) is 0 Å². The molecule has 0 spiro atoms. The summed E-state index contributed by atoms with van der Waals surface area (Å²) in [4.78, 5) is 27.8. The third-order valence-electron chi connectivity index (χ3n) is 5.79. The van der Waals surface area contributed by atoms with Crippen LogP contribution in [0.3, 0.4) is 0 Å². The fraction of sp³-hybridized carbons (Fsp3) is 0.280. The van der Waals surface area contributed by atoms with Gasteiger partial charge in [0.25, 0.3) is 5.91 Å². The molecule has 0 aromatic heterocycles. The Balaban J connectivity index is 1.42. The molecule has 0 saturated carbocycles. The van der Waals surface area contributed by atoms with Gasteiger partial charge in [0.05, 0.1) is 12.8 Å². The zero-order valence-electron chi connectivity index (χ0n) is 17.4. The lowest BCUT2D eigenvalue weighted by molar-refractivity contribution is -0.121. The smallest absolute Gasteiger partial charge is 0.254 e. The van der Waals surface area contributed by atoms with Crippen LogP contribution < -0.4 is 10.1 Å². The number of carbonyl (C=O) groups is 2. The standard InChI is InChI=1S/C25H26N2O3/c1-17-10-11-23(30-2)22(16-17)26-24(28)19-12-14-27(15-13-19)25(29)21-9-5-7-18-6-3-4-8-20(18)21/h3-11,16,19H,12-15H2,1-2H3,(H,26,28). The molecule has 2 amide bonds. The normalized spacial score (nSPS) is 14.5. The molecule has 5 heteroatoms. The van der Waals surface area contributed by atoms with Gasteiger partial charge >= 0.3 is 0 Å². The number of rotatable bonds is 4. The minimum absolute atomic E-state index is 0.0174. The molecule has 5 nitrogen and oxygen atoms in total. The van der Waals surface area contributed by atoms with E-state index in [1.54, 1.807) is 7.11 Å². The Bertz CT molecular complexity index is 1080. The highest BCUT2D eigenvalue weighted by atomic mass is 16.5. The summed E-state index contributed by atoms with van der Waals surface area (Å²) in [7, 11) is 1.59. The van der Waals surface area contributed by atoms with Crippen LogP contribution >= 0.6 is 0 Å². The second-order valence-electron chi connectivity index (χ2n) is 7.79. The van der Waals surface area contributed by atoms with Crippen molar-refractivity contribution in [1.82, 2.24) is 4.90 Å². The van der Waals surface area contributed by atoms with Gasteiger partial charge in [0.1, 0.15) is 5.75 Å². The molecule has 154 valence electrons. The summed E-state index contributed by atoms with van der Waals surface area (Å²) in [5.41, 5.74) is 2.47. The van der Waals surface area contributed by atoms with Gasteiger partial charge in [0.15, 0.2) is 0 Å². The third-order valence-corrected chi connectivity index (χ3v) is 5.79. The van der Waals surface area contributed by atoms with E-state index in [0.717, 1.165) is 21.9 Å². The largest absolute Gasteiger partial charge is 0.495 e. The first-order valence-corrected chi connectivity index (χ1v) is 10.3. The highest BCUT2D eigenvalue weighted by molar-refractivity contribution is 6.07. The number of benzene rings is 3. The van der Waals surface area contributed by atoms with E-state index in [0.29, 0.717) is 37.4 Å². The first-order valence-electron chi connectivity index (χ1n) is 10.3. The average Bonchev–Trinajstić information content (AvgIpc) is 2.78. The SMILES string of the molecule is COc1ccc(C)cc1NC(=O)C1CCN(C(=O)c2cccc3ccccc23)CC1. The Morgan fingerprint density at radius 3 is 2.50 bits per heavy atom. The lowest BCUT2D eigenvalue weighted by Crippen LogP contribution is -2.41. The zero-order chi connectivity index (χ0) is 21.1. The fourth-order valence-corrected chi connectivity index (χ4v) is 4.08. The van der Waals surface area contributed by atoms with Crippen LogP contribution in [0.25, 0.3) is 10.8 Å². The van der Waals surface area contributed by atoms with Crippen molar-refractivity contribution in [2.75, 3.05) is 25.5 Å². The number of likely N-dealkylation sites (tertiary alicyclic amines) is 1. The molecule has 30 heavy (non-hydrogen) atoms. The Hall–Kier alpha value is -3.34. The maximum Gasteiger partial charge on any atom is 0.254 e. The Labute approximate surface area is 176 Å². The lowest BCUT2D eigenvalue weighted by Gasteiger charge is -2.31. The van der Waals surface area contributed by atoms with E-state index in [1.807, 2.05) is 72.5 Å². The number of carbonyl (C=O) groups excluding carboxylic acids is 2. The molecule has 4 rings (SSSR count). The van der Waals surface area contributed by atoms with Crippen LogP contribution in [0.15, 0.2) is 60.7 Å². The highest BCUT2D eigenvalue weighted by Crippen LogP contribution is 2.28. The maximum absolute atomic E-state index is 13.1. The van der Waals surface area contributed by atoms with E-state index in [4.69, 9.17) is 4.74 Å². The molecule has 1 heterocycles. The van der Waals surface area contributed by atoms with Crippen LogP contribution in [0.2, 0.25) is 0 Å². The van der Waals surface area contributed by atoms with Crippen molar-refractivity contribution in [3.05, 3.63) is 71.8 Å². The van der Waals surface area contributed by atoms with Gasteiger partial charge in [0, 0.05) is 24.6 Å². The second-order valence-corrected chi connectivity index (χ2v) is 7.79. The van der Waals surface area contributed by atoms with Gasteiger partial charge in [0.2, 0.25) is 5.91 Å². The fourth-order valence-electron chi connectivity index (χ4n) is 4.08. The Morgan fingerprint density at radius 2 is 1.73 bits per heavy atom. The van der Waals surface area contributed by atoms with Gasteiger partial charge in [-0.2, -0.15) is 0 Å². The van der Waals surface area contributed by atoms with E-state index in [2.05, 4.69) is 5.32 Å². The molecule has 1 aliphatic heterocycles. The van der Waals surface area contributed by atoms with Gasteiger partial charge in [-0.25, -0.2) is 0 Å². The first kappa shape index (κ1) is 20.0. The van der Waals surface area contributed by atoms with Crippen molar-refractivity contribution in [2.45, 2.75) is 19.8 Å². The molecule has 0 unspecified atom stereocenters. The number of ether oxygens (including phenoxy) is 1. The number of hydrogen-bond donors (Lipinski definition) is 1. The second kappa shape index (κ2) is 8.57. The number of piperidine rings is 1. The quantitative estimate of drug-likeness (QED) is 0.691. The van der Waals surface area contributed by atoms with Crippen LogP contribution in [0.5, 0.6) is 5.75 Å². The predicted molar refractivity (Wildman–Crippen MR) is 119 cm³/mol. The minimum atomic E-state index is -0.119. The lowest BCUT2D eigenvalue weighted by atomic mass is 9.94. The topological polar surface area (TPSA) is 58.6 Å². The number of anilines is 1. The zero-order valence-corrected chi connectivity index (χ0v) is 17.4. The summed E-state index contributed by atoms with van der Waals surface area (Å²) in [6.07, 6.45) is 1.30. The van der Waals surface area contributed by atoms with Crippen molar-refractivity contribution in [2.24, 2.45) is 5.92 Å². The number of aryl methyl sites for hydroxylation is 1. The molecule has 1 N–H and O–H groups in total. The van der Waals surface area contributed by atoms with Crippen LogP contribution in [0.1, 0.15) is 28.8 Å². The number of nitrogens with one attached hydrogen (secondary N) is 1.